The molecule has 140 valence electrons. The van der Waals surface area contributed by atoms with Gasteiger partial charge in [-0.2, -0.15) is 21.0 Å². The van der Waals surface area contributed by atoms with Gasteiger partial charge in [0.05, 0.1) is 24.3 Å². The zero-order valence-corrected chi connectivity index (χ0v) is 17.2. The van der Waals surface area contributed by atoms with Gasteiger partial charge in [0.25, 0.3) is 0 Å². The lowest BCUT2D eigenvalue weighted by Crippen LogP contribution is -2.57. The molecule has 4 atom stereocenters. The smallest absolute Gasteiger partial charge is 0.196 e. The van der Waals surface area contributed by atoms with Crippen LogP contribution in [-0.4, -0.2) is 10.5 Å². The molecular weight excluding hydrogens is 396 g/mol. The van der Waals surface area contributed by atoms with E-state index in [0.717, 1.165) is 11.1 Å². The zero-order chi connectivity index (χ0) is 20.7. The van der Waals surface area contributed by atoms with Gasteiger partial charge in [-0.1, -0.05) is 67.6 Å². The van der Waals surface area contributed by atoms with Gasteiger partial charge < -0.3 is 0 Å². The maximum absolute atomic E-state index is 10.4. The standard InChI is InChI=1S/C23H16N4S2/c1-16-20-19(17-8-4-2-5-9-17)21(12-24,13-25)22(14-26,15-27)23(28-16,29-20)18-10-6-3-7-11-18/h2-11,16,19-20H,1H3/t16-,19+,20+,23-/m0/s1. The molecule has 2 aliphatic heterocycles. The van der Waals surface area contributed by atoms with Crippen LogP contribution in [-0.2, 0) is 4.08 Å². The predicted molar refractivity (Wildman–Crippen MR) is 113 cm³/mol. The first-order valence-corrected chi connectivity index (χ1v) is 10.9. The topological polar surface area (TPSA) is 95.2 Å². The third-order valence-corrected chi connectivity index (χ3v) is 10.1. The van der Waals surface area contributed by atoms with Crippen molar-refractivity contribution < 1.29 is 0 Å². The molecule has 0 aromatic heterocycles. The molecule has 0 amide bonds. The minimum Gasteiger partial charge on any atom is -0.196 e. The molecule has 0 unspecified atom stereocenters. The summed E-state index contributed by atoms with van der Waals surface area (Å²) in [6.45, 7) is 2.06. The normalized spacial score (nSPS) is 30.9. The third kappa shape index (κ3) is 2.25. The van der Waals surface area contributed by atoms with Gasteiger partial charge in [0.2, 0.25) is 5.41 Å². The lowest BCUT2D eigenvalue weighted by Gasteiger charge is -2.51. The van der Waals surface area contributed by atoms with E-state index in [0.29, 0.717) is 0 Å². The molecule has 4 rings (SSSR count). The fourth-order valence-corrected chi connectivity index (χ4v) is 9.32. The summed E-state index contributed by atoms with van der Waals surface area (Å²) in [5.41, 5.74) is -2.03. The molecule has 2 aliphatic rings. The highest BCUT2D eigenvalue weighted by Gasteiger charge is 2.78. The van der Waals surface area contributed by atoms with Crippen molar-refractivity contribution in [3.63, 3.8) is 0 Å². The van der Waals surface area contributed by atoms with Crippen LogP contribution in [0.4, 0.5) is 0 Å². The van der Waals surface area contributed by atoms with E-state index >= 15 is 0 Å². The molecule has 4 nitrogen and oxygen atoms in total. The van der Waals surface area contributed by atoms with Crippen molar-refractivity contribution >= 4 is 23.5 Å². The van der Waals surface area contributed by atoms with Gasteiger partial charge in [-0.3, -0.25) is 0 Å². The Morgan fingerprint density at radius 1 is 0.759 bits per heavy atom. The van der Waals surface area contributed by atoms with Crippen molar-refractivity contribution in [2.75, 3.05) is 0 Å². The Balaban J connectivity index is 2.10. The lowest BCUT2D eigenvalue weighted by molar-refractivity contribution is 0.214. The molecule has 0 radical (unpaired) electrons. The molecule has 6 heteroatoms. The molecule has 2 saturated heterocycles. The first-order chi connectivity index (χ1) is 14.1. The molecule has 0 saturated carbocycles. The minimum absolute atomic E-state index is 0.0510. The van der Waals surface area contributed by atoms with Crippen LogP contribution in [0, 0.1) is 56.2 Å². The van der Waals surface area contributed by atoms with Gasteiger partial charge >= 0.3 is 0 Å². The lowest BCUT2D eigenvalue weighted by atomic mass is 9.54. The summed E-state index contributed by atoms with van der Waals surface area (Å²) in [6.07, 6.45) is 0. The summed E-state index contributed by atoms with van der Waals surface area (Å²) in [4.78, 5) is 0. The van der Waals surface area contributed by atoms with Gasteiger partial charge in [-0.25, -0.2) is 0 Å². The summed E-state index contributed by atoms with van der Waals surface area (Å²) in [6, 6.07) is 27.6. The van der Waals surface area contributed by atoms with Crippen molar-refractivity contribution in [3.8, 4) is 24.3 Å². The van der Waals surface area contributed by atoms with Crippen LogP contribution < -0.4 is 0 Å². The van der Waals surface area contributed by atoms with E-state index in [-0.39, 0.29) is 10.5 Å². The fraction of sp³-hybridized carbons (Fsp3) is 0.304. The van der Waals surface area contributed by atoms with Crippen LogP contribution >= 0.6 is 23.5 Å². The Labute approximate surface area is 178 Å². The van der Waals surface area contributed by atoms with Gasteiger partial charge in [-0.15, -0.1) is 23.5 Å². The average Bonchev–Trinajstić information content (AvgIpc) is 3.10. The Hall–Kier alpha value is -2.90. The number of hydrogen-bond donors (Lipinski definition) is 0. The largest absolute Gasteiger partial charge is 0.203 e. The van der Waals surface area contributed by atoms with Crippen molar-refractivity contribution in [3.05, 3.63) is 71.8 Å². The number of nitriles is 4. The molecule has 29 heavy (non-hydrogen) atoms. The maximum Gasteiger partial charge on any atom is 0.203 e. The number of thioether (sulfide) groups is 2. The maximum atomic E-state index is 10.4. The van der Waals surface area contributed by atoms with Crippen molar-refractivity contribution in [2.24, 2.45) is 10.8 Å². The summed E-state index contributed by atoms with van der Waals surface area (Å²) < 4.78 is -1.02. The van der Waals surface area contributed by atoms with Crippen LogP contribution in [0.3, 0.4) is 0 Å². The Bertz CT molecular complexity index is 1080. The highest BCUT2D eigenvalue weighted by molar-refractivity contribution is 8.21. The van der Waals surface area contributed by atoms with Crippen LogP contribution in [0.15, 0.2) is 60.7 Å². The predicted octanol–water partition coefficient (Wildman–Crippen LogP) is 4.94. The van der Waals surface area contributed by atoms with E-state index in [1.807, 2.05) is 60.7 Å². The summed E-state index contributed by atoms with van der Waals surface area (Å²) >= 11 is 3.11. The SMILES string of the molecule is C[C@@H]1S[C@@]2(c3ccccc3)S[C@H]1[C@@H](c1ccccc1)C(C#N)(C#N)C2(C#N)C#N. The quantitative estimate of drug-likeness (QED) is 0.693. The Morgan fingerprint density at radius 3 is 1.83 bits per heavy atom. The molecule has 0 N–H and O–H groups in total. The minimum atomic E-state index is -1.85. The van der Waals surface area contributed by atoms with Gasteiger partial charge in [0, 0.05) is 16.4 Å². The fourth-order valence-electron chi connectivity index (χ4n) is 4.69. The number of fused-ring (bicyclic) bond motifs is 2. The first kappa shape index (κ1) is 19.4. The molecule has 2 aromatic carbocycles. The van der Waals surface area contributed by atoms with Crippen molar-refractivity contribution in [1.29, 1.82) is 21.0 Å². The third-order valence-electron chi connectivity index (χ3n) is 6.00. The highest BCUT2D eigenvalue weighted by atomic mass is 32.2. The second-order valence-corrected chi connectivity index (χ2v) is 10.5. The second kappa shape index (κ2) is 6.86. The number of nitrogens with zero attached hydrogens (tertiary/aromatic N) is 4. The molecule has 0 spiro atoms. The molecule has 0 aliphatic carbocycles. The van der Waals surface area contributed by atoms with E-state index in [2.05, 4.69) is 31.2 Å². The Morgan fingerprint density at radius 2 is 1.31 bits per heavy atom. The molecule has 2 heterocycles. The monoisotopic (exact) mass is 412 g/mol. The Kier molecular flexibility index (Phi) is 4.59. The van der Waals surface area contributed by atoms with E-state index in [9.17, 15) is 21.0 Å². The molecule has 2 aromatic rings. The number of hydrogen-bond acceptors (Lipinski definition) is 6. The van der Waals surface area contributed by atoms with Crippen LogP contribution in [0.5, 0.6) is 0 Å². The summed E-state index contributed by atoms with van der Waals surface area (Å²) in [5, 5.41) is 41.6. The second-order valence-electron chi connectivity index (χ2n) is 7.28. The molecule has 2 fully saturated rings. The summed E-state index contributed by atoms with van der Waals surface area (Å²) in [5.74, 6) is -0.551. The van der Waals surface area contributed by atoms with Crippen molar-refractivity contribution in [1.82, 2.24) is 0 Å². The van der Waals surface area contributed by atoms with E-state index in [1.54, 1.807) is 11.8 Å². The van der Waals surface area contributed by atoms with E-state index < -0.39 is 20.8 Å². The van der Waals surface area contributed by atoms with Crippen LogP contribution in [0.1, 0.15) is 24.0 Å². The number of benzene rings is 2. The molecular formula is C23H16N4S2. The highest BCUT2D eigenvalue weighted by Crippen LogP contribution is 2.78. The zero-order valence-electron chi connectivity index (χ0n) is 15.6. The summed E-state index contributed by atoms with van der Waals surface area (Å²) in [7, 11) is 0. The van der Waals surface area contributed by atoms with Crippen LogP contribution in [0.2, 0.25) is 0 Å². The van der Waals surface area contributed by atoms with Gasteiger partial charge in [0.15, 0.2) is 5.41 Å². The molecule has 2 bridgehead atoms. The van der Waals surface area contributed by atoms with E-state index in [4.69, 9.17) is 0 Å². The van der Waals surface area contributed by atoms with Crippen molar-refractivity contribution in [2.45, 2.75) is 27.4 Å². The van der Waals surface area contributed by atoms with Gasteiger partial charge in [-0.05, 0) is 11.1 Å². The first-order valence-electron chi connectivity index (χ1n) is 9.17. The average molecular weight is 413 g/mol. The van der Waals surface area contributed by atoms with Gasteiger partial charge in [0.1, 0.15) is 4.08 Å². The number of rotatable bonds is 2. The van der Waals surface area contributed by atoms with Crippen LogP contribution in [0.25, 0.3) is 0 Å². The van der Waals surface area contributed by atoms with E-state index in [1.165, 1.54) is 11.8 Å².